The molecule has 0 spiro atoms. The van der Waals surface area contributed by atoms with Crippen molar-refractivity contribution in [3.8, 4) is 28.6 Å². The second kappa shape index (κ2) is 14.1. The van der Waals surface area contributed by atoms with E-state index in [0.717, 1.165) is 26.0 Å². The van der Waals surface area contributed by atoms with Gasteiger partial charge in [0.25, 0.3) is 11.2 Å². The summed E-state index contributed by atoms with van der Waals surface area (Å²) < 4.78 is 19.7. The Hall–Kier alpha value is -4.78. The first-order valence-electron chi connectivity index (χ1n) is 14.7. The number of benzene rings is 4. The predicted octanol–water partition coefficient (Wildman–Crippen LogP) is 7.88. The quantitative estimate of drug-likeness (QED) is 0.0587. The maximum Gasteiger partial charge on any atom is 0.282 e. The highest BCUT2D eigenvalue weighted by atomic mass is 127. The standard InChI is InChI=1S/C35H33IN4O6/c1-6-45-31-14-22(4)28(18-27(31)21(2)3)34-38-30-13-8-7-12-26(30)35(41)39(34)37-19-24-16-29(36)33(32(17-24)44-5)46-20-23-10-9-11-25(15-23)40(42)43/h7-19,21H,6,20H2,1-5H3. The zero-order chi connectivity index (χ0) is 33.0. The summed E-state index contributed by atoms with van der Waals surface area (Å²) in [5, 5.41) is 16.3. The second-order valence-electron chi connectivity index (χ2n) is 10.9. The Morgan fingerprint density at radius 3 is 2.54 bits per heavy atom. The normalized spacial score (nSPS) is 11.4. The number of nitrogens with zero attached hydrogens (tertiary/aromatic N) is 4. The number of methoxy groups -OCH3 is 1. The molecule has 1 aromatic heterocycles. The summed E-state index contributed by atoms with van der Waals surface area (Å²) >= 11 is 2.14. The minimum absolute atomic E-state index is 0.00651. The maximum atomic E-state index is 13.9. The molecule has 5 rings (SSSR count). The van der Waals surface area contributed by atoms with E-state index in [1.165, 1.54) is 23.9 Å². The van der Waals surface area contributed by atoms with Gasteiger partial charge in [0.05, 0.1) is 39.3 Å². The Labute approximate surface area is 280 Å². The Morgan fingerprint density at radius 2 is 1.83 bits per heavy atom. The molecule has 0 saturated heterocycles. The summed E-state index contributed by atoms with van der Waals surface area (Å²) in [5.41, 5.74) is 4.29. The summed E-state index contributed by atoms with van der Waals surface area (Å²) in [7, 11) is 1.53. The molecule has 5 aromatic rings. The van der Waals surface area contributed by atoms with Gasteiger partial charge in [0.2, 0.25) is 0 Å². The van der Waals surface area contributed by atoms with Crippen LogP contribution in [0.3, 0.4) is 0 Å². The molecule has 4 aromatic carbocycles. The first kappa shape index (κ1) is 32.6. The fourth-order valence-corrected chi connectivity index (χ4v) is 5.85. The van der Waals surface area contributed by atoms with E-state index in [-0.39, 0.29) is 23.8 Å². The number of fused-ring (bicyclic) bond motifs is 1. The molecule has 0 atom stereocenters. The number of nitro groups is 1. The lowest BCUT2D eigenvalue weighted by Crippen LogP contribution is -2.21. The van der Waals surface area contributed by atoms with Crippen LogP contribution in [0.4, 0.5) is 5.69 Å². The fraction of sp³-hybridized carbons (Fsp3) is 0.229. The van der Waals surface area contributed by atoms with Crippen LogP contribution in [-0.2, 0) is 6.61 Å². The molecule has 11 heteroatoms. The molecule has 0 aliphatic rings. The van der Waals surface area contributed by atoms with Gasteiger partial charge in [-0.2, -0.15) is 9.78 Å². The van der Waals surface area contributed by atoms with Crippen molar-refractivity contribution in [2.45, 2.75) is 40.2 Å². The lowest BCUT2D eigenvalue weighted by atomic mass is 9.96. The van der Waals surface area contributed by atoms with E-state index in [0.29, 0.717) is 46.0 Å². The molecule has 0 aliphatic carbocycles. The van der Waals surface area contributed by atoms with E-state index in [1.54, 1.807) is 36.5 Å². The third-order valence-electron chi connectivity index (χ3n) is 7.35. The SMILES string of the molecule is CCOc1cc(C)c(-c2nc3ccccc3c(=O)n2N=Cc2cc(I)c(OCc3cccc([N+](=O)[O-])c3)c(OC)c2)cc1C(C)C. The molecular formula is C35H33IN4O6. The minimum Gasteiger partial charge on any atom is -0.494 e. The van der Waals surface area contributed by atoms with Crippen LogP contribution in [0.15, 0.2) is 82.7 Å². The molecule has 0 bridgehead atoms. The van der Waals surface area contributed by atoms with Crippen LogP contribution in [0.1, 0.15) is 48.9 Å². The zero-order valence-corrected chi connectivity index (χ0v) is 28.3. The largest absolute Gasteiger partial charge is 0.494 e. The van der Waals surface area contributed by atoms with E-state index in [2.05, 4.69) is 41.5 Å². The molecular weight excluding hydrogens is 699 g/mol. The lowest BCUT2D eigenvalue weighted by molar-refractivity contribution is -0.384. The van der Waals surface area contributed by atoms with Crippen molar-refractivity contribution in [3.05, 3.63) is 119 Å². The molecule has 0 aliphatic heterocycles. The lowest BCUT2D eigenvalue weighted by Gasteiger charge is -2.18. The van der Waals surface area contributed by atoms with Crippen molar-refractivity contribution in [3.63, 3.8) is 0 Å². The summed E-state index contributed by atoms with van der Waals surface area (Å²) in [4.78, 5) is 29.5. The molecule has 10 nitrogen and oxygen atoms in total. The highest BCUT2D eigenvalue weighted by Gasteiger charge is 2.19. The molecule has 0 saturated carbocycles. The minimum atomic E-state index is -0.440. The van der Waals surface area contributed by atoms with Gasteiger partial charge in [0, 0.05) is 17.7 Å². The number of aromatic nitrogens is 2. The summed E-state index contributed by atoms with van der Waals surface area (Å²) in [5.74, 6) is 2.35. The number of non-ortho nitro benzene ring substituents is 1. The van der Waals surface area contributed by atoms with Crippen molar-refractivity contribution < 1.29 is 19.1 Å². The van der Waals surface area contributed by atoms with Gasteiger partial charge in [-0.05, 0) is 101 Å². The van der Waals surface area contributed by atoms with Crippen LogP contribution in [0.5, 0.6) is 17.2 Å². The van der Waals surface area contributed by atoms with E-state index >= 15 is 0 Å². The third kappa shape index (κ3) is 6.89. The summed E-state index contributed by atoms with van der Waals surface area (Å²) in [6.07, 6.45) is 1.59. The van der Waals surface area contributed by atoms with Crippen LogP contribution >= 0.6 is 22.6 Å². The average molecular weight is 733 g/mol. The zero-order valence-electron chi connectivity index (χ0n) is 26.1. The topological polar surface area (TPSA) is 118 Å². The van der Waals surface area contributed by atoms with Crippen LogP contribution < -0.4 is 19.8 Å². The third-order valence-corrected chi connectivity index (χ3v) is 8.15. The first-order chi connectivity index (χ1) is 22.1. The highest BCUT2D eigenvalue weighted by Crippen LogP contribution is 2.36. The molecule has 0 unspecified atom stereocenters. The molecule has 46 heavy (non-hydrogen) atoms. The van der Waals surface area contributed by atoms with Crippen LogP contribution in [0, 0.1) is 20.6 Å². The highest BCUT2D eigenvalue weighted by molar-refractivity contribution is 14.1. The average Bonchev–Trinajstić information content (AvgIpc) is 3.03. The number of ether oxygens (including phenoxy) is 3. The molecule has 236 valence electrons. The number of rotatable bonds is 11. The number of aryl methyl sites for hydroxylation is 1. The van der Waals surface area contributed by atoms with Gasteiger partial charge in [-0.25, -0.2) is 4.98 Å². The van der Waals surface area contributed by atoms with Gasteiger partial charge in [-0.3, -0.25) is 14.9 Å². The van der Waals surface area contributed by atoms with E-state index in [1.807, 2.05) is 44.2 Å². The number of hydrogen-bond donors (Lipinski definition) is 0. The van der Waals surface area contributed by atoms with E-state index in [4.69, 9.17) is 19.2 Å². The molecule has 0 radical (unpaired) electrons. The van der Waals surface area contributed by atoms with Crippen molar-refractivity contribution in [1.82, 2.24) is 9.66 Å². The predicted molar refractivity (Wildman–Crippen MR) is 188 cm³/mol. The van der Waals surface area contributed by atoms with Crippen molar-refractivity contribution in [2.24, 2.45) is 5.10 Å². The first-order valence-corrected chi connectivity index (χ1v) is 15.8. The van der Waals surface area contributed by atoms with Crippen molar-refractivity contribution in [2.75, 3.05) is 13.7 Å². The van der Waals surface area contributed by atoms with Gasteiger partial charge in [0.1, 0.15) is 12.4 Å². The second-order valence-corrected chi connectivity index (χ2v) is 12.0. The fourth-order valence-electron chi connectivity index (χ4n) is 5.07. The van der Waals surface area contributed by atoms with Gasteiger partial charge >= 0.3 is 0 Å². The molecule has 0 amide bonds. The summed E-state index contributed by atoms with van der Waals surface area (Å²) in [6, 6.07) is 21.1. The number of para-hydroxylation sites is 1. The Balaban J connectivity index is 1.56. The van der Waals surface area contributed by atoms with Crippen LogP contribution in [0.25, 0.3) is 22.3 Å². The van der Waals surface area contributed by atoms with Gasteiger partial charge in [-0.15, -0.1) is 0 Å². The van der Waals surface area contributed by atoms with Crippen molar-refractivity contribution >= 4 is 45.4 Å². The Morgan fingerprint density at radius 1 is 1.04 bits per heavy atom. The van der Waals surface area contributed by atoms with Crippen LogP contribution in [-0.4, -0.2) is 34.5 Å². The van der Waals surface area contributed by atoms with Gasteiger partial charge in [0.15, 0.2) is 17.3 Å². The maximum absolute atomic E-state index is 13.9. The number of hydrogen-bond acceptors (Lipinski definition) is 8. The van der Waals surface area contributed by atoms with Gasteiger partial charge in [-0.1, -0.05) is 38.1 Å². The number of nitro benzene ring substituents is 1. The van der Waals surface area contributed by atoms with E-state index < -0.39 is 4.92 Å². The van der Waals surface area contributed by atoms with E-state index in [9.17, 15) is 14.9 Å². The Kier molecular flexibility index (Phi) is 10.0. The summed E-state index contributed by atoms with van der Waals surface area (Å²) in [6.45, 7) is 8.78. The van der Waals surface area contributed by atoms with Crippen molar-refractivity contribution in [1.29, 1.82) is 0 Å². The van der Waals surface area contributed by atoms with Crippen LogP contribution in [0.2, 0.25) is 0 Å². The van der Waals surface area contributed by atoms with Gasteiger partial charge < -0.3 is 14.2 Å². The molecule has 0 N–H and O–H groups in total. The Bertz CT molecular complexity index is 2020. The molecule has 1 heterocycles. The monoisotopic (exact) mass is 732 g/mol. The number of halogens is 1. The smallest absolute Gasteiger partial charge is 0.282 e. The molecule has 0 fully saturated rings.